The summed E-state index contributed by atoms with van der Waals surface area (Å²) in [5, 5.41) is 0. The SMILES string of the molecule is COC(=O)c1ccc(C(F)F)c(I)c1. The molecule has 1 aromatic rings. The van der Waals surface area contributed by atoms with Gasteiger partial charge in [-0.15, -0.1) is 0 Å². The van der Waals surface area contributed by atoms with Crippen LogP contribution in [0.1, 0.15) is 22.3 Å². The van der Waals surface area contributed by atoms with Crippen molar-refractivity contribution in [1.29, 1.82) is 0 Å². The second-order valence-corrected chi connectivity index (χ2v) is 3.69. The van der Waals surface area contributed by atoms with Gasteiger partial charge in [-0.05, 0) is 34.7 Å². The molecular formula is C9H7F2IO2. The van der Waals surface area contributed by atoms with E-state index < -0.39 is 12.4 Å². The Morgan fingerprint density at radius 1 is 1.50 bits per heavy atom. The molecule has 0 aromatic heterocycles. The van der Waals surface area contributed by atoms with Crippen LogP contribution in [0.15, 0.2) is 18.2 Å². The molecule has 0 fully saturated rings. The van der Waals surface area contributed by atoms with Crippen LogP contribution in [-0.2, 0) is 4.74 Å². The van der Waals surface area contributed by atoms with Crippen molar-refractivity contribution in [2.75, 3.05) is 7.11 Å². The van der Waals surface area contributed by atoms with Crippen molar-refractivity contribution in [1.82, 2.24) is 0 Å². The number of rotatable bonds is 2. The molecular weight excluding hydrogens is 305 g/mol. The fraction of sp³-hybridized carbons (Fsp3) is 0.222. The Bertz CT molecular complexity index is 353. The van der Waals surface area contributed by atoms with E-state index in [2.05, 4.69) is 4.74 Å². The molecule has 1 aromatic carbocycles. The summed E-state index contributed by atoms with van der Waals surface area (Å²) < 4.78 is 29.5. The summed E-state index contributed by atoms with van der Waals surface area (Å²) in [5.74, 6) is -0.524. The van der Waals surface area contributed by atoms with Gasteiger partial charge < -0.3 is 4.74 Å². The van der Waals surface area contributed by atoms with Gasteiger partial charge in [0.1, 0.15) is 0 Å². The largest absolute Gasteiger partial charge is 0.465 e. The van der Waals surface area contributed by atoms with Crippen LogP contribution in [0.2, 0.25) is 0 Å². The zero-order valence-electron chi connectivity index (χ0n) is 7.26. The number of alkyl halides is 2. The molecule has 2 nitrogen and oxygen atoms in total. The van der Waals surface area contributed by atoms with Crippen molar-refractivity contribution in [3.8, 4) is 0 Å². The van der Waals surface area contributed by atoms with E-state index in [0.29, 0.717) is 3.57 Å². The first-order chi connectivity index (χ1) is 6.56. The zero-order chi connectivity index (χ0) is 10.7. The second-order valence-electron chi connectivity index (χ2n) is 2.53. The molecule has 0 radical (unpaired) electrons. The van der Waals surface area contributed by atoms with Crippen LogP contribution in [0, 0.1) is 3.57 Å². The third-order valence-electron chi connectivity index (χ3n) is 1.66. The number of methoxy groups -OCH3 is 1. The maximum atomic E-state index is 12.3. The Morgan fingerprint density at radius 2 is 2.14 bits per heavy atom. The highest BCUT2D eigenvalue weighted by molar-refractivity contribution is 14.1. The lowest BCUT2D eigenvalue weighted by molar-refractivity contribution is 0.0600. The van der Waals surface area contributed by atoms with Crippen LogP contribution in [0.5, 0.6) is 0 Å². The average molecular weight is 312 g/mol. The van der Waals surface area contributed by atoms with Crippen molar-refractivity contribution in [2.45, 2.75) is 6.43 Å². The number of hydrogen-bond donors (Lipinski definition) is 0. The quantitative estimate of drug-likeness (QED) is 0.620. The number of carbonyl (C=O) groups is 1. The van der Waals surface area contributed by atoms with Crippen LogP contribution < -0.4 is 0 Å². The van der Waals surface area contributed by atoms with Gasteiger partial charge in [0.15, 0.2) is 0 Å². The third-order valence-corrected chi connectivity index (χ3v) is 2.59. The summed E-state index contributed by atoms with van der Waals surface area (Å²) in [6.07, 6.45) is -2.52. The fourth-order valence-electron chi connectivity index (χ4n) is 0.949. The van der Waals surface area contributed by atoms with Gasteiger partial charge in [-0.2, -0.15) is 0 Å². The highest BCUT2D eigenvalue weighted by Crippen LogP contribution is 2.25. The normalized spacial score (nSPS) is 10.4. The molecule has 0 atom stereocenters. The monoisotopic (exact) mass is 312 g/mol. The maximum Gasteiger partial charge on any atom is 0.337 e. The van der Waals surface area contributed by atoms with Gasteiger partial charge in [-0.1, -0.05) is 6.07 Å². The molecule has 0 aliphatic rings. The second kappa shape index (κ2) is 4.68. The van der Waals surface area contributed by atoms with E-state index in [1.54, 1.807) is 22.6 Å². The molecule has 0 unspecified atom stereocenters. The Hall–Kier alpha value is -0.720. The number of ether oxygens (including phenoxy) is 1. The number of esters is 1. The minimum Gasteiger partial charge on any atom is -0.465 e. The van der Waals surface area contributed by atoms with Crippen molar-refractivity contribution >= 4 is 28.6 Å². The minimum atomic E-state index is -2.52. The smallest absolute Gasteiger partial charge is 0.337 e. The van der Waals surface area contributed by atoms with Crippen LogP contribution in [0.25, 0.3) is 0 Å². The highest BCUT2D eigenvalue weighted by atomic mass is 127. The standard InChI is InChI=1S/C9H7F2IO2/c1-14-9(13)5-2-3-6(8(10)11)7(12)4-5/h2-4,8H,1H3. The lowest BCUT2D eigenvalue weighted by Gasteiger charge is -2.04. The Balaban J connectivity index is 3.06. The molecule has 0 saturated carbocycles. The number of halogens is 3. The molecule has 0 aliphatic heterocycles. The van der Waals surface area contributed by atoms with Gasteiger partial charge in [0.05, 0.1) is 12.7 Å². The van der Waals surface area contributed by atoms with E-state index in [1.165, 1.54) is 25.3 Å². The zero-order valence-corrected chi connectivity index (χ0v) is 9.42. The highest BCUT2D eigenvalue weighted by Gasteiger charge is 2.14. The summed E-state index contributed by atoms with van der Waals surface area (Å²) >= 11 is 1.76. The van der Waals surface area contributed by atoms with Gasteiger partial charge in [0, 0.05) is 9.13 Å². The van der Waals surface area contributed by atoms with Gasteiger partial charge in [0.25, 0.3) is 6.43 Å². The van der Waals surface area contributed by atoms with Gasteiger partial charge >= 0.3 is 5.97 Å². The van der Waals surface area contributed by atoms with E-state index in [-0.39, 0.29) is 11.1 Å². The van der Waals surface area contributed by atoms with Crippen molar-refractivity contribution < 1.29 is 18.3 Å². The van der Waals surface area contributed by atoms with E-state index in [9.17, 15) is 13.6 Å². The number of hydrogen-bond acceptors (Lipinski definition) is 2. The molecule has 1 rings (SSSR count). The van der Waals surface area contributed by atoms with Crippen LogP contribution in [0.4, 0.5) is 8.78 Å². The first kappa shape index (κ1) is 11.4. The first-order valence-corrected chi connectivity index (χ1v) is 4.80. The Labute approximate surface area is 93.4 Å². The molecule has 0 heterocycles. The topological polar surface area (TPSA) is 26.3 Å². The van der Waals surface area contributed by atoms with E-state index in [0.717, 1.165) is 0 Å². The lowest BCUT2D eigenvalue weighted by Crippen LogP contribution is -2.02. The van der Waals surface area contributed by atoms with Crippen molar-refractivity contribution in [3.05, 3.63) is 32.9 Å². The number of benzene rings is 1. The van der Waals surface area contributed by atoms with Crippen molar-refractivity contribution in [2.24, 2.45) is 0 Å². The molecule has 5 heteroatoms. The maximum absolute atomic E-state index is 12.3. The van der Waals surface area contributed by atoms with Gasteiger partial charge in [-0.25, -0.2) is 13.6 Å². The Kier molecular flexibility index (Phi) is 3.79. The summed E-state index contributed by atoms with van der Waals surface area (Å²) in [4.78, 5) is 11.0. The molecule has 0 saturated heterocycles. The summed E-state index contributed by atoms with van der Waals surface area (Å²) in [6, 6.07) is 3.95. The third kappa shape index (κ3) is 2.40. The molecule has 76 valence electrons. The van der Waals surface area contributed by atoms with E-state index in [4.69, 9.17) is 0 Å². The minimum absolute atomic E-state index is 0.0711. The van der Waals surface area contributed by atoms with Gasteiger partial charge in [-0.3, -0.25) is 0 Å². The summed E-state index contributed by atoms with van der Waals surface area (Å²) in [6.45, 7) is 0. The average Bonchev–Trinajstić information content (AvgIpc) is 2.15. The van der Waals surface area contributed by atoms with E-state index in [1.807, 2.05) is 0 Å². The molecule has 0 N–H and O–H groups in total. The van der Waals surface area contributed by atoms with E-state index >= 15 is 0 Å². The summed E-state index contributed by atoms with van der Waals surface area (Å²) in [7, 11) is 1.25. The molecule has 14 heavy (non-hydrogen) atoms. The van der Waals surface area contributed by atoms with Crippen molar-refractivity contribution in [3.63, 3.8) is 0 Å². The predicted octanol–water partition coefficient (Wildman–Crippen LogP) is 3.02. The Morgan fingerprint density at radius 3 is 2.57 bits per heavy atom. The van der Waals surface area contributed by atoms with Gasteiger partial charge in [0.2, 0.25) is 0 Å². The number of carbonyl (C=O) groups excluding carboxylic acids is 1. The molecule has 0 spiro atoms. The fourth-order valence-corrected chi connectivity index (χ4v) is 1.70. The molecule has 0 aliphatic carbocycles. The van der Waals surface area contributed by atoms with Crippen LogP contribution in [-0.4, -0.2) is 13.1 Å². The summed E-state index contributed by atoms with van der Waals surface area (Å²) in [5.41, 5.74) is 0.208. The van der Waals surface area contributed by atoms with Crippen LogP contribution in [0.3, 0.4) is 0 Å². The first-order valence-electron chi connectivity index (χ1n) is 3.72. The predicted molar refractivity (Wildman–Crippen MR) is 55.5 cm³/mol. The molecule has 0 bridgehead atoms. The van der Waals surface area contributed by atoms with Crippen LogP contribution >= 0.6 is 22.6 Å². The molecule has 0 amide bonds. The lowest BCUT2D eigenvalue weighted by atomic mass is 10.1.